The van der Waals surface area contributed by atoms with Gasteiger partial charge in [-0.3, -0.25) is 4.79 Å². The molecule has 3 nitrogen and oxygen atoms in total. The average molecular weight is 264 g/mol. The van der Waals surface area contributed by atoms with Crippen molar-refractivity contribution >= 4 is 11.8 Å². The van der Waals surface area contributed by atoms with Gasteiger partial charge in [-0.05, 0) is 36.2 Å². The summed E-state index contributed by atoms with van der Waals surface area (Å²) >= 11 is 0. The molecule has 3 heteroatoms. The van der Waals surface area contributed by atoms with Crippen LogP contribution in [0.2, 0.25) is 0 Å². The number of esters is 1. The second-order valence-electron chi connectivity index (χ2n) is 4.75. The summed E-state index contributed by atoms with van der Waals surface area (Å²) in [5, 5.41) is 0. The monoisotopic (exact) mass is 264 g/mol. The predicted octanol–water partition coefficient (Wildman–Crippen LogP) is 3.38. The van der Waals surface area contributed by atoms with E-state index in [9.17, 15) is 9.59 Å². The maximum Gasteiger partial charge on any atom is 0.338 e. The van der Waals surface area contributed by atoms with Gasteiger partial charge in [0.05, 0.1) is 0 Å². The topological polar surface area (TPSA) is 43.4 Å². The second kappa shape index (κ2) is 4.46. The van der Waals surface area contributed by atoms with Crippen LogP contribution >= 0.6 is 0 Å². The van der Waals surface area contributed by atoms with Crippen molar-refractivity contribution < 1.29 is 14.3 Å². The first kappa shape index (κ1) is 12.4. The van der Waals surface area contributed by atoms with Crippen LogP contribution in [0.3, 0.4) is 0 Å². The number of fused-ring (bicyclic) bond motifs is 3. The molecule has 0 heterocycles. The fourth-order valence-electron chi connectivity index (χ4n) is 2.26. The molecule has 2 aromatic rings. The molecule has 0 bridgehead atoms. The number of ether oxygens (including phenoxy) is 1. The van der Waals surface area contributed by atoms with Gasteiger partial charge >= 0.3 is 5.97 Å². The van der Waals surface area contributed by atoms with Crippen LogP contribution in [0.4, 0.5) is 0 Å². The fourth-order valence-corrected chi connectivity index (χ4v) is 2.26. The SMILES string of the molecule is C=C(C)C(=O)Oc1ccc2c(c1)-c1ccccc1C2=O. The molecule has 0 amide bonds. The Kier molecular flexibility index (Phi) is 2.75. The molecular weight excluding hydrogens is 252 g/mol. The third kappa shape index (κ3) is 1.84. The largest absolute Gasteiger partial charge is 0.423 e. The van der Waals surface area contributed by atoms with E-state index in [4.69, 9.17) is 4.74 Å². The standard InChI is InChI=1S/C17H12O3/c1-10(2)17(19)20-11-7-8-14-15(9-11)12-5-3-4-6-13(12)16(14)18/h3-9H,1H2,2H3. The first-order valence-electron chi connectivity index (χ1n) is 6.24. The predicted molar refractivity (Wildman–Crippen MR) is 75.8 cm³/mol. The summed E-state index contributed by atoms with van der Waals surface area (Å²) in [4.78, 5) is 23.7. The number of hydrogen-bond acceptors (Lipinski definition) is 3. The summed E-state index contributed by atoms with van der Waals surface area (Å²) in [6.07, 6.45) is 0. The minimum atomic E-state index is -0.470. The molecule has 0 atom stereocenters. The molecule has 3 rings (SSSR count). The highest BCUT2D eigenvalue weighted by Crippen LogP contribution is 2.38. The van der Waals surface area contributed by atoms with Crippen LogP contribution in [-0.4, -0.2) is 11.8 Å². The summed E-state index contributed by atoms with van der Waals surface area (Å²) in [7, 11) is 0. The maximum absolute atomic E-state index is 12.2. The lowest BCUT2D eigenvalue weighted by Crippen LogP contribution is -2.08. The Morgan fingerprint density at radius 2 is 1.65 bits per heavy atom. The lowest BCUT2D eigenvalue weighted by atomic mass is 10.1. The molecule has 0 radical (unpaired) electrons. The lowest BCUT2D eigenvalue weighted by Gasteiger charge is -2.06. The highest BCUT2D eigenvalue weighted by atomic mass is 16.5. The van der Waals surface area contributed by atoms with Crippen LogP contribution in [0, 0.1) is 0 Å². The number of ketones is 1. The summed E-state index contributed by atoms with van der Waals surface area (Å²) in [5.74, 6) is -0.0443. The van der Waals surface area contributed by atoms with Crippen molar-refractivity contribution in [1.82, 2.24) is 0 Å². The molecular formula is C17H12O3. The Bertz CT molecular complexity index is 757. The summed E-state index contributed by atoms with van der Waals surface area (Å²) in [6.45, 7) is 5.13. The zero-order valence-corrected chi connectivity index (χ0v) is 11.0. The van der Waals surface area contributed by atoms with Gasteiger partial charge in [-0.25, -0.2) is 4.79 Å². The summed E-state index contributed by atoms with van der Waals surface area (Å²) < 4.78 is 5.20. The Morgan fingerprint density at radius 1 is 1.00 bits per heavy atom. The van der Waals surface area contributed by atoms with Gasteiger partial charge in [0.25, 0.3) is 0 Å². The van der Waals surface area contributed by atoms with Crippen LogP contribution in [-0.2, 0) is 4.79 Å². The molecule has 0 aliphatic heterocycles. The molecule has 0 saturated heterocycles. The zero-order chi connectivity index (χ0) is 14.3. The first-order valence-corrected chi connectivity index (χ1v) is 6.24. The third-order valence-electron chi connectivity index (χ3n) is 3.26. The van der Waals surface area contributed by atoms with E-state index in [0.717, 1.165) is 11.1 Å². The highest BCUT2D eigenvalue weighted by Gasteiger charge is 2.26. The Balaban J connectivity index is 2.05. The van der Waals surface area contributed by atoms with Gasteiger partial charge in [0.15, 0.2) is 5.78 Å². The maximum atomic E-state index is 12.2. The van der Waals surface area contributed by atoms with E-state index in [1.165, 1.54) is 0 Å². The zero-order valence-electron chi connectivity index (χ0n) is 11.0. The number of rotatable bonds is 2. The minimum Gasteiger partial charge on any atom is -0.423 e. The molecule has 0 unspecified atom stereocenters. The Hall–Kier alpha value is -2.68. The van der Waals surface area contributed by atoms with Crippen molar-refractivity contribution in [2.45, 2.75) is 6.92 Å². The molecule has 2 aromatic carbocycles. The molecule has 1 aliphatic carbocycles. The summed E-state index contributed by atoms with van der Waals surface area (Å²) in [6, 6.07) is 12.5. The van der Waals surface area contributed by atoms with Crippen LogP contribution in [0.25, 0.3) is 11.1 Å². The fraction of sp³-hybridized carbons (Fsp3) is 0.0588. The van der Waals surface area contributed by atoms with Gasteiger partial charge in [-0.2, -0.15) is 0 Å². The number of carbonyl (C=O) groups is 2. The quantitative estimate of drug-likeness (QED) is 0.405. The van der Waals surface area contributed by atoms with E-state index in [1.54, 1.807) is 31.2 Å². The van der Waals surface area contributed by atoms with Crippen molar-refractivity contribution in [2.75, 3.05) is 0 Å². The molecule has 98 valence electrons. The van der Waals surface area contributed by atoms with Crippen molar-refractivity contribution in [2.24, 2.45) is 0 Å². The van der Waals surface area contributed by atoms with E-state index in [-0.39, 0.29) is 5.78 Å². The van der Waals surface area contributed by atoms with Gasteiger partial charge in [0.2, 0.25) is 0 Å². The molecule has 0 spiro atoms. The number of hydrogen-bond donors (Lipinski definition) is 0. The minimum absolute atomic E-state index is 0.00776. The molecule has 20 heavy (non-hydrogen) atoms. The van der Waals surface area contributed by atoms with Gasteiger partial charge in [-0.1, -0.05) is 30.8 Å². The van der Waals surface area contributed by atoms with Crippen molar-refractivity contribution in [3.05, 3.63) is 65.7 Å². The Labute approximate surface area is 116 Å². The van der Waals surface area contributed by atoms with E-state index in [0.29, 0.717) is 22.4 Å². The van der Waals surface area contributed by atoms with Gasteiger partial charge in [0, 0.05) is 16.7 Å². The van der Waals surface area contributed by atoms with Crippen LogP contribution in [0.1, 0.15) is 22.8 Å². The van der Waals surface area contributed by atoms with Crippen LogP contribution in [0.15, 0.2) is 54.6 Å². The Morgan fingerprint density at radius 3 is 2.35 bits per heavy atom. The smallest absolute Gasteiger partial charge is 0.338 e. The highest BCUT2D eigenvalue weighted by molar-refractivity contribution is 6.21. The van der Waals surface area contributed by atoms with E-state index >= 15 is 0 Å². The van der Waals surface area contributed by atoms with E-state index in [1.807, 2.05) is 18.2 Å². The molecule has 0 aromatic heterocycles. The summed E-state index contributed by atoms with van der Waals surface area (Å²) in [5.41, 5.74) is 3.34. The average Bonchev–Trinajstić information content (AvgIpc) is 2.73. The van der Waals surface area contributed by atoms with Gasteiger partial charge in [0.1, 0.15) is 5.75 Å². The molecule has 0 saturated carbocycles. The number of carbonyl (C=O) groups excluding carboxylic acids is 2. The van der Waals surface area contributed by atoms with Crippen LogP contribution in [0.5, 0.6) is 5.75 Å². The molecule has 0 fully saturated rings. The third-order valence-corrected chi connectivity index (χ3v) is 3.26. The molecule has 0 N–H and O–H groups in total. The van der Waals surface area contributed by atoms with Gasteiger partial charge in [-0.15, -0.1) is 0 Å². The van der Waals surface area contributed by atoms with Crippen molar-refractivity contribution in [3.8, 4) is 16.9 Å². The van der Waals surface area contributed by atoms with Gasteiger partial charge < -0.3 is 4.74 Å². The first-order chi connectivity index (χ1) is 9.58. The lowest BCUT2D eigenvalue weighted by molar-refractivity contribution is -0.130. The molecule has 1 aliphatic rings. The van der Waals surface area contributed by atoms with E-state index < -0.39 is 5.97 Å². The normalized spacial score (nSPS) is 11.8. The van der Waals surface area contributed by atoms with E-state index in [2.05, 4.69) is 6.58 Å². The van der Waals surface area contributed by atoms with Crippen molar-refractivity contribution in [1.29, 1.82) is 0 Å². The number of benzene rings is 2. The second-order valence-corrected chi connectivity index (χ2v) is 4.75. The van der Waals surface area contributed by atoms with Crippen LogP contribution < -0.4 is 4.74 Å². The van der Waals surface area contributed by atoms with Crippen molar-refractivity contribution in [3.63, 3.8) is 0 Å².